The Morgan fingerprint density at radius 1 is 1.05 bits per heavy atom. The van der Waals surface area contributed by atoms with Crippen molar-refractivity contribution in [1.82, 2.24) is 5.32 Å². The fourth-order valence-electron chi connectivity index (χ4n) is 2.53. The van der Waals surface area contributed by atoms with Gasteiger partial charge in [-0.05, 0) is 31.9 Å². The highest BCUT2D eigenvalue weighted by molar-refractivity contribution is 5.36. The fourth-order valence-corrected chi connectivity index (χ4v) is 2.53. The number of rotatable bonds is 11. The van der Waals surface area contributed by atoms with Crippen molar-refractivity contribution in [3.05, 3.63) is 29.8 Å². The molecule has 21 heavy (non-hydrogen) atoms. The summed E-state index contributed by atoms with van der Waals surface area (Å²) in [5.74, 6) is 0.978. The van der Waals surface area contributed by atoms with Crippen molar-refractivity contribution in [2.45, 2.75) is 58.6 Å². The van der Waals surface area contributed by atoms with Crippen LogP contribution in [-0.2, 0) is 4.74 Å². The van der Waals surface area contributed by atoms with Crippen LogP contribution in [-0.4, -0.2) is 26.4 Å². The van der Waals surface area contributed by atoms with Crippen molar-refractivity contribution in [2.24, 2.45) is 0 Å². The normalized spacial score (nSPS) is 13.9. The van der Waals surface area contributed by atoms with Crippen molar-refractivity contribution in [2.75, 3.05) is 20.3 Å². The molecule has 120 valence electrons. The van der Waals surface area contributed by atoms with Gasteiger partial charge in [0.2, 0.25) is 0 Å². The number of hydrogen-bond acceptors (Lipinski definition) is 3. The van der Waals surface area contributed by atoms with Gasteiger partial charge in [0, 0.05) is 12.7 Å². The summed E-state index contributed by atoms with van der Waals surface area (Å²) in [6, 6.07) is 8.51. The van der Waals surface area contributed by atoms with Crippen molar-refractivity contribution < 1.29 is 9.47 Å². The van der Waals surface area contributed by atoms with Crippen molar-refractivity contribution in [3.8, 4) is 5.75 Å². The summed E-state index contributed by atoms with van der Waals surface area (Å²) in [5, 5.41) is 3.63. The zero-order valence-electron chi connectivity index (χ0n) is 14.0. The van der Waals surface area contributed by atoms with Gasteiger partial charge < -0.3 is 14.8 Å². The molecule has 0 fully saturated rings. The third-order valence-corrected chi connectivity index (χ3v) is 3.58. The van der Waals surface area contributed by atoms with Gasteiger partial charge >= 0.3 is 0 Å². The first-order valence-electron chi connectivity index (χ1n) is 8.26. The fraction of sp³-hybridized carbons (Fsp3) is 0.667. The van der Waals surface area contributed by atoms with Crippen LogP contribution in [0.2, 0.25) is 0 Å². The summed E-state index contributed by atoms with van der Waals surface area (Å²) in [4.78, 5) is 0. The predicted octanol–water partition coefficient (Wildman–Crippen LogP) is 4.33. The lowest BCUT2D eigenvalue weighted by Crippen LogP contribution is -2.34. The number of nitrogens with one attached hydrogen (secondary N) is 1. The summed E-state index contributed by atoms with van der Waals surface area (Å²) < 4.78 is 11.7. The highest BCUT2D eigenvalue weighted by atomic mass is 16.5. The number of para-hydroxylation sites is 1. The molecule has 0 aliphatic rings. The van der Waals surface area contributed by atoms with Crippen LogP contribution in [0, 0.1) is 0 Å². The molecule has 0 spiro atoms. The molecule has 0 heterocycles. The van der Waals surface area contributed by atoms with E-state index in [2.05, 4.69) is 44.3 Å². The van der Waals surface area contributed by atoms with Gasteiger partial charge in [0.05, 0.1) is 18.8 Å². The average Bonchev–Trinajstić information content (AvgIpc) is 2.53. The number of ether oxygens (including phenoxy) is 2. The second-order valence-electron chi connectivity index (χ2n) is 5.38. The Labute approximate surface area is 130 Å². The molecule has 2 unspecified atom stereocenters. The Bertz CT molecular complexity index is 381. The maximum atomic E-state index is 5.92. The molecule has 0 aliphatic carbocycles. The minimum absolute atomic E-state index is 0.174. The van der Waals surface area contributed by atoms with Crippen LogP contribution >= 0.6 is 0 Å². The van der Waals surface area contributed by atoms with Crippen molar-refractivity contribution >= 4 is 0 Å². The van der Waals surface area contributed by atoms with Crippen LogP contribution in [0.5, 0.6) is 5.75 Å². The molecular weight excluding hydrogens is 262 g/mol. The molecule has 0 amide bonds. The Hall–Kier alpha value is -1.06. The molecule has 0 bridgehead atoms. The van der Waals surface area contributed by atoms with Crippen LogP contribution in [0.15, 0.2) is 24.3 Å². The molecule has 1 aromatic rings. The first-order valence-corrected chi connectivity index (χ1v) is 8.26. The van der Waals surface area contributed by atoms with E-state index in [1.54, 1.807) is 7.11 Å². The van der Waals surface area contributed by atoms with E-state index in [1.165, 1.54) is 5.56 Å². The molecular formula is C18H31NO2. The molecule has 0 saturated heterocycles. The van der Waals surface area contributed by atoms with E-state index < -0.39 is 0 Å². The summed E-state index contributed by atoms with van der Waals surface area (Å²) in [5.41, 5.74) is 1.21. The second kappa shape index (κ2) is 10.6. The van der Waals surface area contributed by atoms with Crippen LogP contribution in [0.25, 0.3) is 0 Å². The maximum absolute atomic E-state index is 5.92. The Balaban J connectivity index is 3.00. The monoisotopic (exact) mass is 293 g/mol. The highest BCUT2D eigenvalue weighted by Gasteiger charge is 2.24. The van der Waals surface area contributed by atoms with Crippen LogP contribution in [0.1, 0.15) is 58.1 Å². The molecule has 3 nitrogen and oxygen atoms in total. The summed E-state index contributed by atoms with van der Waals surface area (Å²) >= 11 is 0. The topological polar surface area (TPSA) is 30.5 Å². The summed E-state index contributed by atoms with van der Waals surface area (Å²) in [6.45, 7) is 8.25. The molecule has 0 radical (unpaired) electrons. The van der Waals surface area contributed by atoms with Gasteiger partial charge in [-0.1, -0.05) is 45.4 Å². The molecule has 0 aliphatic heterocycles. The SMILES string of the molecule is CCCNC(c1ccccc1OCCC)C(CCC)OC. The second-order valence-corrected chi connectivity index (χ2v) is 5.38. The Morgan fingerprint density at radius 3 is 2.43 bits per heavy atom. The van der Waals surface area contributed by atoms with E-state index in [-0.39, 0.29) is 12.1 Å². The first kappa shape index (κ1) is 18.0. The smallest absolute Gasteiger partial charge is 0.124 e. The van der Waals surface area contributed by atoms with E-state index in [1.807, 2.05) is 6.07 Å². The molecule has 2 atom stereocenters. The third kappa shape index (κ3) is 5.68. The lowest BCUT2D eigenvalue weighted by Gasteiger charge is -2.29. The van der Waals surface area contributed by atoms with Gasteiger partial charge in [-0.2, -0.15) is 0 Å². The van der Waals surface area contributed by atoms with Crippen LogP contribution in [0.4, 0.5) is 0 Å². The van der Waals surface area contributed by atoms with Gasteiger partial charge in [0.1, 0.15) is 5.75 Å². The largest absolute Gasteiger partial charge is 0.493 e. The molecule has 3 heteroatoms. The van der Waals surface area contributed by atoms with E-state index in [0.717, 1.165) is 44.6 Å². The molecule has 0 aromatic heterocycles. The summed E-state index contributed by atoms with van der Waals surface area (Å²) in [7, 11) is 1.80. The lowest BCUT2D eigenvalue weighted by molar-refractivity contribution is 0.0596. The van der Waals surface area contributed by atoms with E-state index >= 15 is 0 Å². The minimum atomic E-state index is 0.174. The van der Waals surface area contributed by atoms with Crippen LogP contribution < -0.4 is 10.1 Å². The zero-order chi connectivity index (χ0) is 15.5. The Kier molecular flexibility index (Phi) is 9.11. The third-order valence-electron chi connectivity index (χ3n) is 3.58. The quantitative estimate of drug-likeness (QED) is 0.658. The van der Waals surface area contributed by atoms with E-state index in [9.17, 15) is 0 Å². The maximum Gasteiger partial charge on any atom is 0.124 e. The zero-order valence-corrected chi connectivity index (χ0v) is 14.0. The van der Waals surface area contributed by atoms with E-state index in [0.29, 0.717) is 0 Å². The van der Waals surface area contributed by atoms with Gasteiger partial charge in [0.25, 0.3) is 0 Å². The van der Waals surface area contributed by atoms with Gasteiger partial charge in [-0.25, -0.2) is 0 Å². The van der Waals surface area contributed by atoms with Crippen molar-refractivity contribution in [3.63, 3.8) is 0 Å². The number of benzene rings is 1. The molecule has 0 saturated carbocycles. The number of hydrogen-bond donors (Lipinski definition) is 1. The molecule has 1 aromatic carbocycles. The Morgan fingerprint density at radius 2 is 1.81 bits per heavy atom. The van der Waals surface area contributed by atoms with Gasteiger partial charge in [0.15, 0.2) is 0 Å². The van der Waals surface area contributed by atoms with Crippen LogP contribution in [0.3, 0.4) is 0 Å². The van der Waals surface area contributed by atoms with Gasteiger partial charge in [-0.3, -0.25) is 0 Å². The predicted molar refractivity (Wildman–Crippen MR) is 89.0 cm³/mol. The summed E-state index contributed by atoms with van der Waals surface area (Å²) in [6.07, 6.45) is 4.45. The minimum Gasteiger partial charge on any atom is -0.493 e. The number of methoxy groups -OCH3 is 1. The highest BCUT2D eigenvalue weighted by Crippen LogP contribution is 2.30. The lowest BCUT2D eigenvalue weighted by atomic mass is 9.97. The molecule has 1 rings (SSSR count). The van der Waals surface area contributed by atoms with E-state index in [4.69, 9.17) is 9.47 Å². The first-order chi connectivity index (χ1) is 10.3. The average molecular weight is 293 g/mol. The standard InChI is InChI=1S/C18H31NO2/c1-5-10-17(20-4)18(19-13-6-2)15-11-8-9-12-16(15)21-14-7-3/h8-9,11-12,17-19H,5-7,10,13-14H2,1-4H3. The van der Waals surface area contributed by atoms with Crippen molar-refractivity contribution in [1.29, 1.82) is 0 Å². The molecule has 1 N–H and O–H groups in total. The van der Waals surface area contributed by atoms with Gasteiger partial charge in [-0.15, -0.1) is 0 Å².